The molecule has 2 aromatic rings. The summed E-state index contributed by atoms with van der Waals surface area (Å²) in [4.78, 5) is 11.4. The Morgan fingerprint density at radius 3 is 2.85 bits per heavy atom. The minimum Gasteiger partial charge on any atom is -0.379 e. The molecule has 2 heterocycles. The molecule has 6 heteroatoms. The number of rotatable bonds is 3. The second-order valence-corrected chi connectivity index (χ2v) is 7.38. The van der Waals surface area contributed by atoms with E-state index < -0.39 is 0 Å². The Bertz CT molecular complexity index is 809. The molecule has 0 bridgehead atoms. The molecule has 1 aliphatic heterocycles. The fourth-order valence-corrected chi connectivity index (χ4v) is 4.27. The molecule has 1 aliphatic carbocycles. The maximum Gasteiger partial charge on any atom is 0.137 e. The number of morpholine rings is 1. The predicted molar refractivity (Wildman–Crippen MR) is 101 cm³/mol. The predicted octanol–water partition coefficient (Wildman–Crippen LogP) is 2.95. The quantitative estimate of drug-likeness (QED) is 0.916. The Kier molecular flexibility index (Phi) is 5.00. The minimum atomic E-state index is 0.423. The van der Waals surface area contributed by atoms with Gasteiger partial charge in [0, 0.05) is 30.1 Å². The van der Waals surface area contributed by atoms with Crippen molar-refractivity contribution in [3.63, 3.8) is 0 Å². The number of fused-ring (bicyclic) bond motifs is 1. The van der Waals surface area contributed by atoms with Crippen molar-refractivity contribution in [3.8, 4) is 6.07 Å². The van der Waals surface area contributed by atoms with Crippen molar-refractivity contribution in [2.24, 2.45) is 0 Å². The van der Waals surface area contributed by atoms with Crippen LogP contribution in [0.5, 0.6) is 0 Å². The highest BCUT2D eigenvalue weighted by Crippen LogP contribution is 2.29. The number of nitriles is 1. The van der Waals surface area contributed by atoms with Gasteiger partial charge >= 0.3 is 0 Å². The van der Waals surface area contributed by atoms with E-state index in [0.717, 1.165) is 49.3 Å². The Morgan fingerprint density at radius 1 is 1.23 bits per heavy atom. The van der Waals surface area contributed by atoms with Gasteiger partial charge in [-0.1, -0.05) is 0 Å². The number of ether oxygens (including phenoxy) is 1. The van der Waals surface area contributed by atoms with E-state index in [1.807, 2.05) is 12.1 Å². The topological polar surface area (TPSA) is 74.1 Å². The Balaban J connectivity index is 1.43. The van der Waals surface area contributed by atoms with E-state index in [4.69, 9.17) is 10.00 Å². The van der Waals surface area contributed by atoms with Crippen LogP contribution in [0.3, 0.4) is 0 Å². The lowest BCUT2D eigenvalue weighted by Crippen LogP contribution is -2.51. The van der Waals surface area contributed by atoms with Crippen LogP contribution in [0.25, 0.3) is 10.9 Å². The molecule has 26 heavy (non-hydrogen) atoms. The molecule has 2 fully saturated rings. The van der Waals surface area contributed by atoms with E-state index in [9.17, 15) is 0 Å². The number of hydrogen-bond acceptors (Lipinski definition) is 6. The number of aromatic nitrogens is 2. The van der Waals surface area contributed by atoms with Gasteiger partial charge in [-0.25, -0.2) is 9.97 Å². The maximum atomic E-state index is 9.16. The van der Waals surface area contributed by atoms with Crippen molar-refractivity contribution in [2.45, 2.75) is 50.7 Å². The van der Waals surface area contributed by atoms with E-state index >= 15 is 0 Å². The lowest BCUT2D eigenvalue weighted by Gasteiger charge is -2.42. The highest BCUT2D eigenvalue weighted by Gasteiger charge is 2.30. The van der Waals surface area contributed by atoms with E-state index in [1.165, 1.54) is 12.8 Å². The molecule has 1 aromatic carbocycles. The fourth-order valence-electron chi connectivity index (χ4n) is 4.27. The third-order valence-corrected chi connectivity index (χ3v) is 5.69. The molecule has 1 saturated heterocycles. The zero-order valence-corrected chi connectivity index (χ0v) is 15.2. The van der Waals surface area contributed by atoms with Crippen molar-refractivity contribution in [1.29, 1.82) is 5.26 Å². The molecular weight excluding hydrogens is 326 g/mol. The smallest absolute Gasteiger partial charge is 0.137 e. The van der Waals surface area contributed by atoms with Gasteiger partial charge in [0.15, 0.2) is 0 Å². The summed E-state index contributed by atoms with van der Waals surface area (Å²) in [6.45, 7) is 5.03. The molecule has 0 amide bonds. The molecule has 0 spiro atoms. The maximum absolute atomic E-state index is 9.16. The van der Waals surface area contributed by atoms with Crippen LogP contribution in [-0.2, 0) is 4.74 Å². The largest absolute Gasteiger partial charge is 0.379 e. The first-order valence-corrected chi connectivity index (χ1v) is 9.49. The molecule has 136 valence electrons. The molecule has 1 N–H and O–H groups in total. The molecule has 1 aromatic heterocycles. The van der Waals surface area contributed by atoms with Crippen LogP contribution >= 0.6 is 0 Å². The average Bonchev–Trinajstić information content (AvgIpc) is 2.69. The summed E-state index contributed by atoms with van der Waals surface area (Å²) in [6, 6.07) is 9.37. The van der Waals surface area contributed by atoms with Gasteiger partial charge in [-0.15, -0.1) is 0 Å². The zero-order chi connectivity index (χ0) is 17.9. The summed E-state index contributed by atoms with van der Waals surface area (Å²) in [5.41, 5.74) is 1.51. The summed E-state index contributed by atoms with van der Waals surface area (Å²) in [6.07, 6.45) is 6.27. The highest BCUT2D eigenvalue weighted by atomic mass is 16.5. The Hall–Kier alpha value is -2.23. The van der Waals surface area contributed by atoms with Crippen LogP contribution in [-0.4, -0.2) is 52.8 Å². The van der Waals surface area contributed by atoms with E-state index in [1.54, 1.807) is 12.4 Å². The number of hydrogen-bond donors (Lipinski definition) is 1. The van der Waals surface area contributed by atoms with Gasteiger partial charge < -0.3 is 10.1 Å². The van der Waals surface area contributed by atoms with Gasteiger partial charge in [0.25, 0.3) is 0 Å². The lowest BCUT2D eigenvalue weighted by molar-refractivity contribution is -0.0296. The summed E-state index contributed by atoms with van der Waals surface area (Å²) in [5, 5.41) is 13.7. The standard InChI is InChI=1S/C20H25N5O/c1-14-12-26-9-8-25(14)17-5-3-16(4-6-17)24-20-18-10-15(11-21)2-7-19(18)22-13-23-20/h2,7,10,13-14,16-17H,3-6,8-9,12H2,1H3,(H,22,23,24)/t14-,16?,17?/m1/s1. The molecule has 1 saturated carbocycles. The van der Waals surface area contributed by atoms with Crippen LogP contribution in [0, 0.1) is 11.3 Å². The van der Waals surface area contributed by atoms with Gasteiger partial charge in [-0.2, -0.15) is 5.26 Å². The van der Waals surface area contributed by atoms with Crippen molar-refractivity contribution in [3.05, 3.63) is 30.1 Å². The van der Waals surface area contributed by atoms with E-state index in [2.05, 4.69) is 33.2 Å². The first-order valence-electron chi connectivity index (χ1n) is 9.49. The third-order valence-electron chi connectivity index (χ3n) is 5.69. The number of anilines is 1. The SMILES string of the molecule is C[C@@H]1COCCN1C1CCC(Nc2ncnc3ccc(C#N)cc23)CC1. The van der Waals surface area contributed by atoms with Crippen LogP contribution in [0.15, 0.2) is 24.5 Å². The van der Waals surface area contributed by atoms with Gasteiger partial charge in [0.2, 0.25) is 0 Å². The van der Waals surface area contributed by atoms with Gasteiger partial charge in [-0.3, -0.25) is 4.90 Å². The molecule has 0 unspecified atom stereocenters. The second-order valence-electron chi connectivity index (χ2n) is 7.38. The number of nitrogens with one attached hydrogen (secondary N) is 1. The zero-order valence-electron chi connectivity index (χ0n) is 15.2. The average molecular weight is 351 g/mol. The number of nitrogens with zero attached hydrogens (tertiary/aromatic N) is 4. The monoisotopic (exact) mass is 351 g/mol. The second kappa shape index (κ2) is 7.56. The van der Waals surface area contributed by atoms with Crippen LogP contribution in [0.4, 0.5) is 5.82 Å². The fraction of sp³-hybridized carbons (Fsp3) is 0.550. The third kappa shape index (κ3) is 3.50. The van der Waals surface area contributed by atoms with Gasteiger partial charge in [-0.05, 0) is 50.8 Å². The molecule has 4 rings (SSSR count). The Morgan fingerprint density at radius 2 is 2.08 bits per heavy atom. The van der Waals surface area contributed by atoms with Crippen molar-refractivity contribution < 1.29 is 4.74 Å². The number of benzene rings is 1. The molecule has 1 atom stereocenters. The van der Waals surface area contributed by atoms with E-state index in [-0.39, 0.29) is 0 Å². The minimum absolute atomic E-state index is 0.423. The van der Waals surface area contributed by atoms with Gasteiger partial charge in [0.05, 0.1) is 30.4 Å². The van der Waals surface area contributed by atoms with Crippen molar-refractivity contribution in [1.82, 2.24) is 14.9 Å². The summed E-state index contributed by atoms with van der Waals surface area (Å²) in [5.74, 6) is 0.843. The van der Waals surface area contributed by atoms with Crippen molar-refractivity contribution in [2.75, 3.05) is 25.1 Å². The molecule has 2 aliphatic rings. The molecule has 6 nitrogen and oxygen atoms in total. The normalized spacial score (nSPS) is 27.2. The first-order chi connectivity index (χ1) is 12.7. The molecule has 0 radical (unpaired) electrons. The van der Waals surface area contributed by atoms with Crippen LogP contribution in [0.2, 0.25) is 0 Å². The molecular formula is C20H25N5O. The Labute approximate surface area is 154 Å². The highest BCUT2D eigenvalue weighted by molar-refractivity contribution is 5.89. The first kappa shape index (κ1) is 17.2. The van der Waals surface area contributed by atoms with Crippen LogP contribution in [0.1, 0.15) is 38.2 Å². The summed E-state index contributed by atoms with van der Waals surface area (Å²) >= 11 is 0. The lowest BCUT2D eigenvalue weighted by atomic mass is 9.89. The summed E-state index contributed by atoms with van der Waals surface area (Å²) in [7, 11) is 0. The van der Waals surface area contributed by atoms with Gasteiger partial charge in [0.1, 0.15) is 12.1 Å². The van der Waals surface area contributed by atoms with Crippen LogP contribution < -0.4 is 5.32 Å². The van der Waals surface area contributed by atoms with E-state index in [0.29, 0.717) is 23.7 Å². The van der Waals surface area contributed by atoms with Crippen molar-refractivity contribution >= 4 is 16.7 Å². The summed E-state index contributed by atoms with van der Waals surface area (Å²) < 4.78 is 5.57.